The van der Waals surface area contributed by atoms with E-state index in [2.05, 4.69) is 264 Å². The number of aromatic nitrogens is 1. The lowest BCUT2D eigenvalue weighted by atomic mass is 9.97. The SMILES string of the molecule is c1ccc(-c2ccc(-c3ccc(N(c4ccc(-c5cccc6c5oc5ccccc56)cc4)c4cccc(-c5cccc(-c6ccccc6-n6c7ccccc7c7ccccc76)c5)c4)cc3)cc2)cc1. The minimum absolute atomic E-state index is 0.899. The molecule has 0 atom stereocenters. The van der Waals surface area contributed by atoms with E-state index in [4.69, 9.17) is 4.42 Å². The van der Waals surface area contributed by atoms with E-state index in [1.165, 1.54) is 49.6 Å². The molecular formula is C66H44N2O. The summed E-state index contributed by atoms with van der Waals surface area (Å²) in [6, 6.07) is 96.0. The monoisotopic (exact) mass is 880 g/mol. The molecule has 11 aromatic carbocycles. The second kappa shape index (κ2) is 16.9. The molecule has 0 amide bonds. The molecule has 0 radical (unpaired) electrons. The van der Waals surface area contributed by atoms with Gasteiger partial charge in [0.05, 0.1) is 16.7 Å². The van der Waals surface area contributed by atoms with Gasteiger partial charge in [-0.15, -0.1) is 0 Å². The molecule has 69 heavy (non-hydrogen) atoms. The van der Waals surface area contributed by atoms with E-state index in [0.717, 1.165) is 72.5 Å². The zero-order chi connectivity index (χ0) is 45.7. The van der Waals surface area contributed by atoms with Crippen molar-refractivity contribution in [1.29, 1.82) is 0 Å². The van der Waals surface area contributed by atoms with E-state index in [1.54, 1.807) is 0 Å². The Labute approximate surface area is 401 Å². The van der Waals surface area contributed by atoms with Gasteiger partial charge in [-0.05, 0) is 111 Å². The number of hydrogen-bond donors (Lipinski definition) is 0. The van der Waals surface area contributed by atoms with Crippen LogP contribution in [0.25, 0.3) is 105 Å². The van der Waals surface area contributed by atoms with Crippen LogP contribution < -0.4 is 4.90 Å². The van der Waals surface area contributed by atoms with Crippen molar-refractivity contribution in [2.75, 3.05) is 4.90 Å². The highest BCUT2D eigenvalue weighted by Crippen LogP contribution is 2.42. The van der Waals surface area contributed by atoms with Gasteiger partial charge in [-0.25, -0.2) is 0 Å². The number of nitrogens with zero attached hydrogens (tertiary/aromatic N) is 2. The van der Waals surface area contributed by atoms with Crippen molar-refractivity contribution in [1.82, 2.24) is 4.57 Å². The Bertz CT molecular complexity index is 3940. The molecule has 0 aliphatic heterocycles. The molecule has 3 nitrogen and oxygen atoms in total. The van der Waals surface area contributed by atoms with Crippen LogP contribution in [0, 0.1) is 0 Å². The summed E-state index contributed by atoms with van der Waals surface area (Å²) >= 11 is 0. The molecule has 0 N–H and O–H groups in total. The van der Waals surface area contributed by atoms with E-state index in [9.17, 15) is 0 Å². The highest BCUT2D eigenvalue weighted by molar-refractivity contribution is 6.11. The fourth-order valence-electron chi connectivity index (χ4n) is 10.3. The Balaban J connectivity index is 0.888. The number of benzene rings is 11. The molecule has 0 spiro atoms. The number of anilines is 3. The number of fused-ring (bicyclic) bond motifs is 6. The van der Waals surface area contributed by atoms with Crippen molar-refractivity contribution in [3.63, 3.8) is 0 Å². The lowest BCUT2D eigenvalue weighted by Gasteiger charge is -2.26. The largest absolute Gasteiger partial charge is 0.455 e. The first kappa shape index (κ1) is 40.1. The van der Waals surface area contributed by atoms with Crippen molar-refractivity contribution in [3.05, 3.63) is 267 Å². The van der Waals surface area contributed by atoms with E-state index in [0.29, 0.717) is 0 Å². The van der Waals surface area contributed by atoms with Gasteiger partial charge in [0.25, 0.3) is 0 Å². The van der Waals surface area contributed by atoms with Crippen molar-refractivity contribution < 1.29 is 4.42 Å². The molecule has 13 rings (SSSR count). The van der Waals surface area contributed by atoms with Gasteiger partial charge in [0.15, 0.2) is 0 Å². The zero-order valence-corrected chi connectivity index (χ0v) is 37.7. The summed E-state index contributed by atoms with van der Waals surface area (Å²) < 4.78 is 8.89. The van der Waals surface area contributed by atoms with Gasteiger partial charge in [-0.3, -0.25) is 0 Å². The fourth-order valence-corrected chi connectivity index (χ4v) is 10.3. The standard InChI is InChI=1S/C66H44N2O/c1-2-15-45(16-3-1)46-31-33-47(34-32-46)48-35-39-53(40-36-48)67(54-41-37-49(38-42-54)57-25-14-26-61-60-24-7-11-30-65(60)69-66(57)61)55-20-13-18-51(44-55)50-17-12-19-52(43-50)56-21-4-8-27-62(56)68-63-28-9-5-22-58(63)59-23-6-10-29-64(59)68/h1-44H. The first-order valence-electron chi connectivity index (χ1n) is 23.6. The van der Waals surface area contributed by atoms with Gasteiger partial charge >= 0.3 is 0 Å². The summed E-state index contributed by atoms with van der Waals surface area (Å²) in [5.74, 6) is 0. The average molecular weight is 881 g/mol. The Morgan fingerprint density at radius 3 is 1.43 bits per heavy atom. The molecule has 0 saturated carbocycles. The quantitative estimate of drug-likeness (QED) is 0.144. The van der Waals surface area contributed by atoms with Gasteiger partial charge in [-0.2, -0.15) is 0 Å². The summed E-state index contributed by atoms with van der Waals surface area (Å²) in [7, 11) is 0. The maximum atomic E-state index is 6.47. The second-order valence-corrected chi connectivity index (χ2v) is 17.7. The minimum atomic E-state index is 0.899. The predicted molar refractivity (Wildman–Crippen MR) is 290 cm³/mol. The molecule has 3 heteroatoms. The van der Waals surface area contributed by atoms with Crippen LogP contribution in [0.3, 0.4) is 0 Å². The lowest BCUT2D eigenvalue weighted by molar-refractivity contribution is 0.670. The van der Waals surface area contributed by atoms with Crippen LogP contribution >= 0.6 is 0 Å². The molecule has 2 heterocycles. The molecule has 2 aromatic heterocycles. The molecule has 324 valence electrons. The highest BCUT2D eigenvalue weighted by Gasteiger charge is 2.19. The van der Waals surface area contributed by atoms with Gasteiger partial charge in [0, 0.05) is 49.7 Å². The Kier molecular flexibility index (Phi) is 9.84. The maximum Gasteiger partial charge on any atom is 0.143 e. The summed E-state index contributed by atoms with van der Waals surface area (Å²) in [6.07, 6.45) is 0. The average Bonchev–Trinajstić information content (AvgIpc) is 3.98. The molecular weight excluding hydrogens is 837 g/mol. The minimum Gasteiger partial charge on any atom is -0.455 e. The first-order chi connectivity index (χ1) is 34.2. The van der Waals surface area contributed by atoms with E-state index >= 15 is 0 Å². The zero-order valence-electron chi connectivity index (χ0n) is 37.7. The fraction of sp³-hybridized carbons (Fsp3) is 0. The van der Waals surface area contributed by atoms with Crippen LogP contribution in [0.5, 0.6) is 0 Å². The summed E-state index contributed by atoms with van der Waals surface area (Å²) in [5.41, 5.74) is 20.1. The summed E-state index contributed by atoms with van der Waals surface area (Å²) in [6.45, 7) is 0. The third-order valence-corrected chi connectivity index (χ3v) is 13.6. The Morgan fingerprint density at radius 2 is 0.739 bits per heavy atom. The van der Waals surface area contributed by atoms with Gasteiger partial charge < -0.3 is 13.9 Å². The number of hydrogen-bond acceptors (Lipinski definition) is 2. The van der Waals surface area contributed by atoms with Crippen molar-refractivity contribution in [2.45, 2.75) is 0 Å². The predicted octanol–water partition coefficient (Wildman–Crippen LogP) is 18.5. The number of furan rings is 1. The van der Waals surface area contributed by atoms with Crippen LogP contribution in [0.2, 0.25) is 0 Å². The van der Waals surface area contributed by atoms with Crippen LogP contribution in [0.15, 0.2) is 271 Å². The molecule has 13 aromatic rings. The summed E-state index contributed by atoms with van der Waals surface area (Å²) in [4.78, 5) is 2.36. The number of rotatable bonds is 9. The van der Waals surface area contributed by atoms with Crippen molar-refractivity contribution >= 4 is 60.8 Å². The summed E-state index contributed by atoms with van der Waals surface area (Å²) in [5, 5.41) is 4.76. The first-order valence-corrected chi connectivity index (χ1v) is 23.6. The van der Waals surface area contributed by atoms with Crippen molar-refractivity contribution in [2.24, 2.45) is 0 Å². The van der Waals surface area contributed by atoms with Gasteiger partial charge in [0.2, 0.25) is 0 Å². The van der Waals surface area contributed by atoms with Crippen molar-refractivity contribution in [3.8, 4) is 61.3 Å². The lowest BCUT2D eigenvalue weighted by Crippen LogP contribution is -2.10. The highest BCUT2D eigenvalue weighted by atomic mass is 16.3. The molecule has 0 aliphatic rings. The topological polar surface area (TPSA) is 21.3 Å². The molecule has 0 aliphatic carbocycles. The molecule has 0 saturated heterocycles. The normalized spacial score (nSPS) is 11.5. The van der Waals surface area contributed by atoms with E-state index in [1.807, 2.05) is 12.1 Å². The molecule has 0 bridgehead atoms. The van der Waals surface area contributed by atoms with E-state index < -0.39 is 0 Å². The second-order valence-electron chi connectivity index (χ2n) is 17.7. The van der Waals surface area contributed by atoms with Gasteiger partial charge in [-0.1, -0.05) is 200 Å². The number of para-hydroxylation sites is 5. The Hall–Kier alpha value is -9.18. The molecule has 0 fully saturated rings. The third-order valence-electron chi connectivity index (χ3n) is 13.6. The van der Waals surface area contributed by atoms with Crippen LogP contribution in [-0.4, -0.2) is 4.57 Å². The van der Waals surface area contributed by atoms with Crippen LogP contribution in [-0.2, 0) is 0 Å². The van der Waals surface area contributed by atoms with Crippen LogP contribution in [0.1, 0.15) is 0 Å². The van der Waals surface area contributed by atoms with Gasteiger partial charge in [0.1, 0.15) is 11.2 Å². The maximum absolute atomic E-state index is 6.47. The smallest absolute Gasteiger partial charge is 0.143 e. The molecule has 0 unspecified atom stereocenters. The Morgan fingerprint density at radius 1 is 0.275 bits per heavy atom. The van der Waals surface area contributed by atoms with Crippen LogP contribution in [0.4, 0.5) is 17.1 Å². The third kappa shape index (κ3) is 7.16. The van der Waals surface area contributed by atoms with E-state index in [-0.39, 0.29) is 0 Å².